The Bertz CT molecular complexity index is 899. The van der Waals surface area contributed by atoms with E-state index < -0.39 is 11.6 Å². The van der Waals surface area contributed by atoms with Gasteiger partial charge in [-0.05, 0) is 62.1 Å². The van der Waals surface area contributed by atoms with Crippen LogP contribution in [0.5, 0.6) is 11.5 Å². The van der Waals surface area contributed by atoms with Crippen LogP contribution in [0.1, 0.15) is 31.7 Å². The number of benzene rings is 2. The minimum absolute atomic E-state index is 0.0340. The fourth-order valence-electron chi connectivity index (χ4n) is 3.12. The Hall–Kier alpha value is -3.16. The third-order valence-electron chi connectivity index (χ3n) is 4.66. The molecule has 0 bridgehead atoms. The van der Waals surface area contributed by atoms with Gasteiger partial charge in [0.05, 0.1) is 18.5 Å². The molecule has 0 spiro atoms. The summed E-state index contributed by atoms with van der Waals surface area (Å²) >= 11 is 0. The molecule has 30 heavy (non-hydrogen) atoms. The molecule has 1 aliphatic heterocycles. The summed E-state index contributed by atoms with van der Waals surface area (Å²) in [5.41, 5.74) is 3.28. The number of piperidine rings is 1. The van der Waals surface area contributed by atoms with Gasteiger partial charge >= 0.3 is 0 Å². The molecule has 2 aromatic carbocycles. The van der Waals surface area contributed by atoms with E-state index in [0.717, 1.165) is 44.5 Å². The highest BCUT2D eigenvalue weighted by molar-refractivity contribution is 5.82. The van der Waals surface area contributed by atoms with Gasteiger partial charge in [-0.1, -0.05) is 0 Å². The van der Waals surface area contributed by atoms with Crippen molar-refractivity contribution < 1.29 is 23.0 Å². The summed E-state index contributed by atoms with van der Waals surface area (Å²) in [6.45, 7) is 3.78. The second-order valence-electron chi connectivity index (χ2n) is 6.86. The van der Waals surface area contributed by atoms with Gasteiger partial charge in [-0.2, -0.15) is 5.10 Å². The van der Waals surface area contributed by atoms with E-state index in [4.69, 9.17) is 9.47 Å². The van der Waals surface area contributed by atoms with Crippen molar-refractivity contribution in [1.29, 1.82) is 0 Å². The van der Waals surface area contributed by atoms with Crippen LogP contribution < -0.4 is 14.9 Å². The molecular formula is C22H25F2N3O3. The Kier molecular flexibility index (Phi) is 7.59. The zero-order valence-electron chi connectivity index (χ0n) is 16.9. The molecule has 0 atom stereocenters. The Morgan fingerprint density at radius 2 is 1.90 bits per heavy atom. The monoisotopic (exact) mass is 417 g/mol. The highest BCUT2D eigenvalue weighted by Gasteiger charge is 2.17. The summed E-state index contributed by atoms with van der Waals surface area (Å²) in [6, 6.07) is 8.36. The Balaban J connectivity index is 1.62. The molecule has 8 heteroatoms. The van der Waals surface area contributed by atoms with E-state index in [2.05, 4.69) is 10.5 Å². The van der Waals surface area contributed by atoms with Crippen LogP contribution in [0.2, 0.25) is 0 Å². The number of hydrogen-bond donors (Lipinski definition) is 1. The summed E-state index contributed by atoms with van der Waals surface area (Å²) in [5, 5.41) is 3.97. The van der Waals surface area contributed by atoms with Crippen molar-refractivity contribution in [2.75, 3.05) is 31.7 Å². The zero-order valence-corrected chi connectivity index (χ0v) is 16.9. The van der Waals surface area contributed by atoms with Gasteiger partial charge in [0.1, 0.15) is 5.82 Å². The highest BCUT2D eigenvalue weighted by atomic mass is 19.1. The Morgan fingerprint density at radius 1 is 1.10 bits per heavy atom. The molecule has 3 rings (SSSR count). The van der Waals surface area contributed by atoms with E-state index in [1.54, 1.807) is 18.2 Å². The van der Waals surface area contributed by atoms with Gasteiger partial charge in [0, 0.05) is 19.2 Å². The minimum atomic E-state index is -0.732. The maximum atomic E-state index is 13.6. The molecule has 1 heterocycles. The van der Waals surface area contributed by atoms with Crippen molar-refractivity contribution in [1.82, 2.24) is 4.90 Å². The smallest absolute Gasteiger partial charge is 0.260 e. The maximum Gasteiger partial charge on any atom is 0.260 e. The van der Waals surface area contributed by atoms with Crippen LogP contribution >= 0.6 is 0 Å². The number of hydrazone groups is 1. The molecule has 1 aliphatic rings. The summed E-state index contributed by atoms with van der Waals surface area (Å²) < 4.78 is 37.9. The molecule has 160 valence electrons. The standard InChI is InChI=1S/C22H25F2N3O3/c1-2-29-21-12-16(14-25-26-19-8-7-17(23)13-18(19)24)6-9-20(21)30-15-22(28)27-10-4-3-5-11-27/h6-9,12-14,26H,2-5,10-11,15H2,1H3/b25-14+. The highest BCUT2D eigenvalue weighted by Crippen LogP contribution is 2.28. The molecule has 6 nitrogen and oxygen atoms in total. The number of amides is 1. The summed E-state index contributed by atoms with van der Waals surface area (Å²) in [5.74, 6) is -0.465. The first kappa shape index (κ1) is 21.5. The van der Waals surface area contributed by atoms with Crippen LogP contribution in [0.4, 0.5) is 14.5 Å². The second kappa shape index (κ2) is 10.6. The molecule has 1 amide bonds. The second-order valence-corrected chi connectivity index (χ2v) is 6.86. The predicted octanol–water partition coefficient (Wildman–Crippen LogP) is 4.20. The van der Waals surface area contributed by atoms with Gasteiger partial charge in [0.25, 0.3) is 5.91 Å². The van der Waals surface area contributed by atoms with E-state index in [9.17, 15) is 13.6 Å². The number of rotatable bonds is 8. The van der Waals surface area contributed by atoms with Crippen molar-refractivity contribution in [3.8, 4) is 11.5 Å². The summed E-state index contributed by atoms with van der Waals surface area (Å²) in [4.78, 5) is 14.1. The van der Waals surface area contributed by atoms with Crippen LogP contribution in [0, 0.1) is 11.6 Å². The number of anilines is 1. The average Bonchev–Trinajstić information content (AvgIpc) is 2.75. The lowest BCUT2D eigenvalue weighted by atomic mass is 10.1. The summed E-state index contributed by atoms with van der Waals surface area (Å²) in [6.07, 6.45) is 4.69. The van der Waals surface area contributed by atoms with E-state index in [1.165, 1.54) is 12.3 Å². The van der Waals surface area contributed by atoms with E-state index >= 15 is 0 Å². The van der Waals surface area contributed by atoms with Crippen molar-refractivity contribution >= 4 is 17.8 Å². The van der Waals surface area contributed by atoms with Gasteiger partial charge in [-0.25, -0.2) is 8.78 Å². The van der Waals surface area contributed by atoms with Crippen LogP contribution in [0.25, 0.3) is 0 Å². The lowest BCUT2D eigenvalue weighted by Crippen LogP contribution is -2.38. The van der Waals surface area contributed by atoms with Crippen molar-refractivity contribution in [2.45, 2.75) is 26.2 Å². The largest absolute Gasteiger partial charge is 0.490 e. The molecule has 0 saturated carbocycles. The number of hydrogen-bond acceptors (Lipinski definition) is 5. The minimum Gasteiger partial charge on any atom is -0.490 e. The molecule has 1 N–H and O–H groups in total. The van der Waals surface area contributed by atoms with Gasteiger partial charge in [0.15, 0.2) is 23.9 Å². The number of carbonyl (C=O) groups excluding carboxylic acids is 1. The van der Waals surface area contributed by atoms with Gasteiger partial charge < -0.3 is 14.4 Å². The third kappa shape index (κ3) is 5.92. The summed E-state index contributed by atoms with van der Waals surface area (Å²) in [7, 11) is 0. The normalized spacial score (nSPS) is 14.0. The quantitative estimate of drug-likeness (QED) is 0.517. The molecule has 0 aliphatic carbocycles. The zero-order chi connectivity index (χ0) is 21.3. The molecule has 2 aromatic rings. The Labute approximate surface area is 174 Å². The fraction of sp³-hybridized carbons (Fsp3) is 0.364. The lowest BCUT2D eigenvalue weighted by molar-refractivity contribution is -0.134. The lowest BCUT2D eigenvalue weighted by Gasteiger charge is -2.26. The van der Waals surface area contributed by atoms with E-state index in [1.807, 2.05) is 11.8 Å². The third-order valence-corrected chi connectivity index (χ3v) is 4.66. The van der Waals surface area contributed by atoms with Gasteiger partial charge in [0.2, 0.25) is 0 Å². The number of carbonyl (C=O) groups is 1. The van der Waals surface area contributed by atoms with E-state index in [-0.39, 0.29) is 18.2 Å². The fourth-order valence-corrected chi connectivity index (χ4v) is 3.12. The molecular weight excluding hydrogens is 392 g/mol. The molecule has 0 aromatic heterocycles. The first-order valence-corrected chi connectivity index (χ1v) is 9.98. The van der Waals surface area contributed by atoms with Crippen molar-refractivity contribution in [3.05, 3.63) is 53.6 Å². The first-order chi connectivity index (χ1) is 14.6. The number of nitrogens with one attached hydrogen (secondary N) is 1. The van der Waals surface area contributed by atoms with E-state index in [0.29, 0.717) is 23.7 Å². The number of likely N-dealkylation sites (tertiary alicyclic amines) is 1. The Morgan fingerprint density at radius 3 is 2.63 bits per heavy atom. The van der Waals surface area contributed by atoms with Crippen LogP contribution in [-0.4, -0.2) is 43.3 Å². The molecule has 1 fully saturated rings. The van der Waals surface area contributed by atoms with Crippen LogP contribution in [-0.2, 0) is 4.79 Å². The van der Waals surface area contributed by atoms with Gasteiger partial charge in [-0.15, -0.1) is 0 Å². The number of ether oxygens (including phenoxy) is 2. The number of halogens is 2. The van der Waals surface area contributed by atoms with Crippen molar-refractivity contribution in [2.24, 2.45) is 5.10 Å². The average molecular weight is 417 g/mol. The topological polar surface area (TPSA) is 63.2 Å². The number of nitrogens with zero attached hydrogens (tertiary/aromatic N) is 2. The first-order valence-electron chi connectivity index (χ1n) is 9.98. The molecule has 1 saturated heterocycles. The van der Waals surface area contributed by atoms with Crippen LogP contribution in [0.3, 0.4) is 0 Å². The molecule has 0 radical (unpaired) electrons. The predicted molar refractivity (Wildman–Crippen MR) is 111 cm³/mol. The maximum absolute atomic E-state index is 13.6. The van der Waals surface area contributed by atoms with Crippen molar-refractivity contribution in [3.63, 3.8) is 0 Å². The van der Waals surface area contributed by atoms with Gasteiger partial charge in [-0.3, -0.25) is 10.2 Å². The SMILES string of the molecule is CCOc1cc(/C=N/Nc2ccc(F)cc2F)ccc1OCC(=O)N1CCCCC1. The van der Waals surface area contributed by atoms with Crippen LogP contribution in [0.15, 0.2) is 41.5 Å². The molecule has 0 unspecified atom stereocenters.